The molecule has 16 heavy (non-hydrogen) atoms. The Labute approximate surface area is 107 Å². The number of aromatic nitrogens is 2. The zero-order valence-electron chi connectivity index (χ0n) is 8.61. The summed E-state index contributed by atoms with van der Waals surface area (Å²) in [5.41, 5.74) is 7.57. The highest BCUT2D eigenvalue weighted by atomic mass is 35.5. The van der Waals surface area contributed by atoms with Crippen molar-refractivity contribution >= 4 is 39.8 Å². The summed E-state index contributed by atoms with van der Waals surface area (Å²) in [4.78, 5) is 8.39. The first-order valence-corrected chi connectivity index (χ1v) is 6.80. The maximum atomic E-state index is 5.81. The van der Waals surface area contributed by atoms with Crippen LogP contribution in [0.25, 0.3) is 0 Å². The monoisotopic (exact) mass is 271 g/mol. The number of rotatable bonds is 3. The third-order valence-corrected chi connectivity index (χ3v) is 4.49. The Hall–Kier alpha value is -0.780. The van der Waals surface area contributed by atoms with Crippen LogP contribution >= 0.6 is 34.7 Å². The average molecular weight is 272 g/mol. The number of anilines is 1. The molecule has 3 nitrogen and oxygen atoms in total. The normalized spacial score (nSPS) is 10.6. The van der Waals surface area contributed by atoms with Crippen LogP contribution in [-0.2, 0) is 5.75 Å². The van der Waals surface area contributed by atoms with Gasteiger partial charge >= 0.3 is 0 Å². The first-order valence-electron chi connectivity index (χ1n) is 4.62. The molecule has 0 spiro atoms. The molecule has 0 bridgehead atoms. The number of nitrogens with two attached hydrogens (primary N) is 1. The summed E-state index contributed by atoms with van der Waals surface area (Å²) in [5.74, 6) is 0.781. The Morgan fingerprint density at radius 1 is 1.44 bits per heavy atom. The second-order valence-corrected chi connectivity index (χ2v) is 5.83. The van der Waals surface area contributed by atoms with Crippen LogP contribution in [-0.4, -0.2) is 9.97 Å². The molecule has 0 aliphatic rings. The number of halogens is 1. The minimum absolute atomic E-state index is 0.527. The lowest BCUT2D eigenvalue weighted by atomic mass is 10.4. The van der Waals surface area contributed by atoms with Gasteiger partial charge in [-0.1, -0.05) is 29.0 Å². The molecule has 0 saturated heterocycles. The standard InChI is InChI=1S/C10H10ClN3S2/c1-6-9(16-10(12)13-6)15-5-7-3-2-4-8(11)14-7/h2-4H,5H2,1H3,(H2,12,13). The van der Waals surface area contributed by atoms with E-state index in [0.717, 1.165) is 21.3 Å². The molecule has 2 heterocycles. The van der Waals surface area contributed by atoms with Gasteiger partial charge in [-0.15, -0.1) is 11.8 Å². The predicted octanol–water partition coefficient (Wildman–Crippen LogP) is 3.37. The van der Waals surface area contributed by atoms with Gasteiger partial charge in [0.25, 0.3) is 0 Å². The molecule has 0 unspecified atom stereocenters. The van der Waals surface area contributed by atoms with Crippen molar-refractivity contribution in [1.82, 2.24) is 9.97 Å². The summed E-state index contributed by atoms with van der Waals surface area (Å²) in [5, 5.41) is 1.14. The van der Waals surface area contributed by atoms with Gasteiger partial charge < -0.3 is 5.73 Å². The van der Waals surface area contributed by atoms with Crippen LogP contribution in [0.2, 0.25) is 5.15 Å². The minimum atomic E-state index is 0.527. The summed E-state index contributed by atoms with van der Waals surface area (Å²) >= 11 is 9.00. The fourth-order valence-electron chi connectivity index (χ4n) is 1.21. The van der Waals surface area contributed by atoms with Gasteiger partial charge in [-0.05, 0) is 19.1 Å². The van der Waals surface area contributed by atoms with E-state index in [2.05, 4.69) is 9.97 Å². The molecular weight excluding hydrogens is 262 g/mol. The zero-order valence-corrected chi connectivity index (χ0v) is 11.0. The van der Waals surface area contributed by atoms with E-state index in [1.54, 1.807) is 17.8 Å². The molecule has 0 aromatic carbocycles. The van der Waals surface area contributed by atoms with Gasteiger partial charge in [-0.2, -0.15) is 0 Å². The first kappa shape index (κ1) is 11.7. The van der Waals surface area contributed by atoms with Gasteiger partial charge in [0.1, 0.15) is 5.15 Å². The van der Waals surface area contributed by atoms with Crippen LogP contribution in [0.5, 0.6) is 0 Å². The quantitative estimate of drug-likeness (QED) is 0.687. The summed E-state index contributed by atoms with van der Waals surface area (Å²) in [6, 6.07) is 5.63. The molecule has 2 aromatic heterocycles. The van der Waals surface area contributed by atoms with Gasteiger partial charge in [0, 0.05) is 5.75 Å². The molecule has 84 valence electrons. The number of hydrogen-bond acceptors (Lipinski definition) is 5. The molecule has 0 amide bonds. The summed E-state index contributed by atoms with van der Waals surface area (Å²) < 4.78 is 1.14. The summed E-state index contributed by atoms with van der Waals surface area (Å²) in [7, 11) is 0. The van der Waals surface area contributed by atoms with E-state index in [1.165, 1.54) is 11.3 Å². The molecule has 6 heteroatoms. The summed E-state index contributed by atoms with van der Waals surface area (Å²) in [6.07, 6.45) is 0. The van der Waals surface area contributed by atoms with Crippen molar-refractivity contribution in [3.8, 4) is 0 Å². The molecule has 2 N–H and O–H groups in total. The second kappa shape index (κ2) is 5.03. The topological polar surface area (TPSA) is 51.8 Å². The van der Waals surface area contributed by atoms with Gasteiger partial charge in [-0.3, -0.25) is 0 Å². The molecule has 0 fully saturated rings. The fraction of sp³-hybridized carbons (Fsp3) is 0.200. The maximum absolute atomic E-state index is 5.81. The Bertz CT molecular complexity index is 499. The highest BCUT2D eigenvalue weighted by molar-refractivity contribution is 8.00. The molecule has 0 saturated carbocycles. The van der Waals surface area contributed by atoms with Gasteiger partial charge in [-0.25, -0.2) is 9.97 Å². The number of hydrogen-bond donors (Lipinski definition) is 1. The number of pyridine rings is 1. The first-order chi connectivity index (χ1) is 7.65. The van der Waals surface area contributed by atoms with Crippen molar-refractivity contribution in [2.45, 2.75) is 16.9 Å². The smallest absolute Gasteiger partial charge is 0.181 e. The largest absolute Gasteiger partial charge is 0.375 e. The molecule has 2 rings (SSSR count). The highest BCUT2D eigenvalue weighted by Crippen LogP contribution is 2.32. The van der Waals surface area contributed by atoms with E-state index in [-0.39, 0.29) is 0 Å². The Kier molecular flexibility index (Phi) is 3.68. The summed E-state index contributed by atoms with van der Waals surface area (Å²) in [6.45, 7) is 1.96. The maximum Gasteiger partial charge on any atom is 0.181 e. The van der Waals surface area contributed by atoms with Crippen LogP contribution in [0, 0.1) is 6.92 Å². The third kappa shape index (κ3) is 2.87. The molecule has 0 atom stereocenters. The van der Waals surface area contributed by atoms with Gasteiger partial charge in [0.15, 0.2) is 5.13 Å². The zero-order chi connectivity index (χ0) is 11.5. The van der Waals surface area contributed by atoms with Crippen LogP contribution in [0.15, 0.2) is 22.4 Å². The van der Waals surface area contributed by atoms with E-state index < -0.39 is 0 Å². The minimum Gasteiger partial charge on any atom is -0.375 e. The number of thioether (sulfide) groups is 1. The van der Waals surface area contributed by atoms with E-state index in [0.29, 0.717) is 10.3 Å². The lowest BCUT2D eigenvalue weighted by molar-refractivity contribution is 1.17. The van der Waals surface area contributed by atoms with Crippen molar-refractivity contribution in [3.05, 3.63) is 34.7 Å². The third-order valence-electron chi connectivity index (χ3n) is 1.89. The van der Waals surface area contributed by atoms with E-state index >= 15 is 0 Å². The number of aryl methyl sites for hydroxylation is 1. The molecule has 0 aliphatic heterocycles. The Morgan fingerprint density at radius 2 is 2.25 bits per heavy atom. The Balaban J connectivity index is 2.05. The van der Waals surface area contributed by atoms with Crippen LogP contribution in [0.1, 0.15) is 11.4 Å². The number of nitrogens with zero attached hydrogens (tertiary/aromatic N) is 2. The SMILES string of the molecule is Cc1nc(N)sc1SCc1cccc(Cl)n1. The second-order valence-electron chi connectivity index (χ2n) is 3.17. The van der Waals surface area contributed by atoms with Gasteiger partial charge in [0.05, 0.1) is 15.6 Å². The average Bonchev–Trinajstić information content (AvgIpc) is 2.54. The lowest BCUT2D eigenvalue weighted by Gasteiger charge is -1.99. The highest BCUT2D eigenvalue weighted by Gasteiger charge is 2.06. The van der Waals surface area contributed by atoms with Crippen LogP contribution in [0.4, 0.5) is 5.13 Å². The Morgan fingerprint density at radius 3 is 2.88 bits per heavy atom. The number of thiazole rings is 1. The van der Waals surface area contributed by atoms with Crippen molar-refractivity contribution in [2.24, 2.45) is 0 Å². The number of nitrogen functional groups attached to an aromatic ring is 1. The van der Waals surface area contributed by atoms with Crippen molar-refractivity contribution in [1.29, 1.82) is 0 Å². The lowest BCUT2D eigenvalue weighted by Crippen LogP contribution is -1.86. The van der Waals surface area contributed by atoms with E-state index in [4.69, 9.17) is 17.3 Å². The van der Waals surface area contributed by atoms with E-state index in [1.807, 2.05) is 19.1 Å². The van der Waals surface area contributed by atoms with Crippen LogP contribution in [0.3, 0.4) is 0 Å². The van der Waals surface area contributed by atoms with Crippen LogP contribution < -0.4 is 5.73 Å². The van der Waals surface area contributed by atoms with Crippen molar-refractivity contribution in [2.75, 3.05) is 5.73 Å². The molecule has 0 radical (unpaired) electrons. The van der Waals surface area contributed by atoms with Gasteiger partial charge in [0.2, 0.25) is 0 Å². The van der Waals surface area contributed by atoms with Crippen molar-refractivity contribution in [3.63, 3.8) is 0 Å². The van der Waals surface area contributed by atoms with E-state index in [9.17, 15) is 0 Å². The molecular formula is C10H10ClN3S2. The fourth-order valence-corrected chi connectivity index (χ4v) is 3.32. The molecule has 0 aliphatic carbocycles. The predicted molar refractivity (Wildman–Crippen MR) is 70.1 cm³/mol. The molecule has 2 aromatic rings. The van der Waals surface area contributed by atoms with Crippen molar-refractivity contribution < 1.29 is 0 Å².